The van der Waals surface area contributed by atoms with Gasteiger partial charge in [0.2, 0.25) is 5.82 Å². The maximum absolute atomic E-state index is 12.7. The number of fused-ring (bicyclic) bond motifs is 1. The summed E-state index contributed by atoms with van der Waals surface area (Å²) in [6.45, 7) is 1.22. The fourth-order valence-corrected chi connectivity index (χ4v) is 5.07. The Labute approximate surface area is 194 Å². The van der Waals surface area contributed by atoms with Crippen LogP contribution in [0.4, 0.5) is 0 Å². The lowest BCUT2D eigenvalue weighted by molar-refractivity contribution is 0.0711. The van der Waals surface area contributed by atoms with E-state index in [4.69, 9.17) is 21.6 Å². The van der Waals surface area contributed by atoms with Crippen LogP contribution in [0.25, 0.3) is 10.2 Å². The molecule has 1 aliphatic carbocycles. The Balaban J connectivity index is 1.37. The summed E-state index contributed by atoms with van der Waals surface area (Å²) < 4.78 is 5.88. The number of thiophene rings is 1. The van der Waals surface area contributed by atoms with Crippen LogP contribution >= 0.6 is 22.9 Å². The summed E-state index contributed by atoms with van der Waals surface area (Å²) in [7, 11) is 0. The molecule has 3 aromatic rings. The van der Waals surface area contributed by atoms with Crippen LogP contribution in [-0.2, 0) is 17.9 Å². The summed E-state index contributed by atoms with van der Waals surface area (Å²) in [5.41, 5.74) is 1.28. The molecule has 1 saturated carbocycles. The highest BCUT2D eigenvalue weighted by molar-refractivity contribution is 7.16. The number of ether oxygens (including phenoxy) is 1. The summed E-state index contributed by atoms with van der Waals surface area (Å²) in [6, 6.07) is 9.53. The van der Waals surface area contributed by atoms with Crippen molar-refractivity contribution in [3.05, 3.63) is 62.0 Å². The Morgan fingerprint density at radius 2 is 2.16 bits per heavy atom. The molecule has 0 unspecified atom stereocenters. The van der Waals surface area contributed by atoms with Gasteiger partial charge in [0.05, 0.1) is 18.1 Å². The summed E-state index contributed by atoms with van der Waals surface area (Å²) in [5, 5.41) is 14.7. The van der Waals surface area contributed by atoms with Gasteiger partial charge in [0.25, 0.3) is 11.5 Å². The second kappa shape index (κ2) is 10.3. The number of benzene rings is 1. The van der Waals surface area contributed by atoms with Crippen LogP contribution in [0.1, 0.15) is 47.4 Å². The van der Waals surface area contributed by atoms with E-state index in [0.29, 0.717) is 34.4 Å². The molecule has 32 heavy (non-hydrogen) atoms. The number of hydrogen-bond donors (Lipinski definition) is 2. The Hall–Kier alpha value is -2.73. The molecule has 0 atom stereocenters. The van der Waals surface area contributed by atoms with Crippen molar-refractivity contribution in [1.82, 2.24) is 15.3 Å². The quantitative estimate of drug-likeness (QED) is 0.531. The fraction of sp³-hybridized carbons (Fsp3) is 0.391. The minimum absolute atomic E-state index is 0.0203. The van der Waals surface area contributed by atoms with E-state index < -0.39 is 5.91 Å². The van der Waals surface area contributed by atoms with Crippen molar-refractivity contribution in [3.63, 3.8) is 0 Å². The van der Waals surface area contributed by atoms with Gasteiger partial charge in [-0.1, -0.05) is 23.7 Å². The molecule has 1 aromatic carbocycles. The number of amides is 1. The zero-order valence-corrected chi connectivity index (χ0v) is 19.0. The molecule has 0 aliphatic heterocycles. The van der Waals surface area contributed by atoms with Gasteiger partial charge in [-0.3, -0.25) is 9.59 Å². The molecule has 2 heterocycles. The topological polar surface area (TPSA) is 108 Å². The van der Waals surface area contributed by atoms with Crippen LogP contribution in [0.3, 0.4) is 0 Å². The number of aromatic amines is 1. The van der Waals surface area contributed by atoms with Crippen molar-refractivity contribution >= 4 is 39.1 Å². The van der Waals surface area contributed by atoms with Crippen LogP contribution in [0.2, 0.25) is 5.02 Å². The van der Waals surface area contributed by atoms with Gasteiger partial charge in [-0.05, 0) is 54.7 Å². The molecular weight excluding hydrogens is 448 g/mol. The molecule has 1 aliphatic rings. The summed E-state index contributed by atoms with van der Waals surface area (Å²) >= 11 is 7.29. The largest absolute Gasteiger partial charge is 0.376 e. The van der Waals surface area contributed by atoms with Crippen molar-refractivity contribution < 1.29 is 9.53 Å². The molecular formula is C23H23ClN4O3S. The van der Waals surface area contributed by atoms with Crippen LogP contribution in [0, 0.1) is 23.2 Å². The third kappa shape index (κ3) is 5.36. The highest BCUT2D eigenvalue weighted by Crippen LogP contribution is 2.29. The standard InChI is InChI=1S/C23H23ClN4O3S/c24-18-3-1-2-16(8-18)10-26-22(30)20-27-21(29)19-17(13-32-23(19)28-20)12-31-11-15-6-4-14(9-25)5-7-15/h1-3,8,13-15H,4-7,10-12H2,(H,26,30)(H,27,28,29). The second-order valence-corrected chi connectivity index (χ2v) is 9.32. The second-order valence-electron chi connectivity index (χ2n) is 8.03. The SMILES string of the molecule is N#CC1CCC(COCc2csc3nc(C(=O)NCc4cccc(Cl)c4)[nH]c(=O)c23)CC1. The lowest BCUT2D eigenvalue weighted by Gasteiger charge is -2.24. The molecule has 4 rings (SSSR count). The molecule has 1 amide bonds. The van der Waals surface area contributed by atoms with E-state index in [1.165, 1.54) is 11.3 Å². The van der Waals surface area contributed by atoms with Gasteiger partial charge in [-0.25, -0.2) is 4.98 Å². The zero-order valence-electron chi connectivity index (χ0n) is 17.4. The maximum Gasteiger partial charge on any atom is 0.287 e. The van der Waals surface area contributed by atoms with E-state index in [0.717, 1.165) is 36.8 Å². The van der Waals surface area contributed by atoms with E-state index in [-0.39, 0.29) is 23.8 Å². The van der Waals surface area contributed by atoms with Gasteiger partial charge in [0.1, 0.15) is 4.83 Å². The summed E-state index contributed by atoms with van der Waals surface area (Å²) in [4.78, 5) is 32.6. The molecule has 2 N–H and O–H groups in total. The van der Waals surface area contributed by atoms with Gasteiger partial charge < -0.3 is 15.0 Å². The number of hydrogen-bond acceptors (Lipinski definition) is 6. The van der Waals surface area contributed by atoms with E-state index in [2.05, 4.69) is 21.4 Å². The first kappa shape index (κ1) is 22.5. The van der Waals surface area contributed by atoms with Gasteiger partial charge >= 0.3 is 0 Å². The first-order valence-corrected chi connectivity index (χ1v) is 11.8. The maximum atomic E-state index is 12.7. The number of nitrogens with one attached hydrogen (secondary N) is 2. The number of carbonyl (C=O) groups excluding carboxylic acids is 1. The van der Waals surface area contributed by atoms with E-state index >= 15 is 0 Å². The minimum atomic E-state index is -0.455. The van der Waals surface area contributed by atoms with Gasteiger partial charge in [-0.15, -0.1) is 11.3 Å². The molecule has 166 valence electrons. The number of rotatable bonds is 7. The van der Waals surface area contributed by atoms with Gasteiger partial charge in [0, 0.05) is 29.7 Å². The van der Waals surface area contributed by atoms with E-state index in [1.54, 1.807) is 12.1 Å². The number of aromatic nitrogens is 2. The van der Waals surface area contributed by atoms with Crippen molar-refractivity contribution in [2.75, 3.05) is 6.61 Å². The molecule has 1 fully saturated rings. The molecule has 0 spiro atoms. The third-order valence-electron chi connectivity index (χ3n) is 5.72. The van der Waals surface area contributed by atoms with Crippen molar-refractivity contribution in [1.29, 1.82) is 5.26 Å². The minimum Gasteiger partial charge on any atom is -0.376 e. The smallest absolute Gasteiger partial charge is 0.287 e. The molecule has 2 aromatic heterocycles. The van der Waals surface area contributed by atoms with Crippen LogP contribution in [0.5, 0.6) is 0 Å². The third-order valence-corrected chi connectivity index (χ3v) is 6.87. The predicted molar refractivity (Wildman–Crippen MR) is 124 cm³/mol. The number of nitriles is 1. The average Bonchev–Trinajstić information content (AvgIpc) is 3.21. The van der Waals surface area contributed by atoms with E-state index in [1.807, 2.05) is 17.5 Å². The van der Waals surface area contributed by atoms with Crippen LogP contribution in [-0.4, -0.2) is 22.5 Å². The highest BCUT2D eigenvalue weighted by Gasteiger charge is 2.21. The molecule has 9 heteroatoms. The Kier molecular flexibility index (Phi) is 7.20. The van der Waals surface area contributed by atoms with Gasteiger partial charge in [-0.2, -0.15) is 5.26 Å². The monoisotopic (exact) mass is 470 g/mol. The highest BCUT2D eigenvalue weighted by atomic mass is 35.5. The zero-order chi connectivity index (χ0) is 22.5. The van der Waals surface area contributed by atoms with Crippen LogP contribution < -0.4 is 10.9 Å². The molecule has 0 radical (unpaired) electrons. The lowest BCUT2D eigenvalue weighted by atomic mass is 9.83. The predicted octanol–water partition coefficient (Wildman–Crippen LogP) is 4.41. The number of nitrogens with zero attached hydrogens (tertiary/aromatic N) is 2. The summed E-state index contributed by atoms with van der Waals surface area (Å²) in [5.74, 6) is 0.153. The van der Waals surface area contributed by atoms with Crippen molar-refractivity contribution in [3.8, 4) is 6.07 Å². The lowest BCUT2D eigenvalue weighted by Crippen LogP contribution is -2.27. The molecule has 0 saturated heterocycles. The van der Waals surface area contributed by atoms with Gasteiger partial charge in [0.15, 0.2) is 0 Å². The van der Waals surface area contributed by atoms with E-state index in [9.17, 15) is 9.59 Å². The van der Waals surface area contributed by atoms with Crippen molar-refractivity contribution in [2.24, 2.45) is 11.8 Å². The fourth-order valence-electron chi connectivity index (χ4n) is 3.93. The number of H-pyrrole nitrogens is 1. The number of halogens is 1. The van der Waals surface area contributed by atoms with Crippen LogP contribution in [0.15, 0.2) is 34.4 Å². The Bertz CT molecular complexity index is 1210. The van der Waals surface area contributed by atoms with Crippen molar-refractivity contribution in [2.45, 2.75) is 38.8 Å². The first-order valence-electron chi connectivity index (χ1n) is 10.5. The molecule has 7 nitrogen and oxygen atoms in total. The Morgan fingerprint density at radius 1 is 1.34 bits per heavy atom. The molecule has 0 bridgehead atoms. The number of carbonyl (C=O) groups is 1. The average molecular weight is 471 g/mol. The first-order chi connectivity index (χ1) is 15.5. The summed E-state index contributed by atoms with van der Waals surface area (Å²) in [6.07, 6.45) is 3.85. The Morgan fingerprint density at radius 3 is 2.91 bits per heavy atom. The normalized spacial score (nSPS) is 18.4.